The third kappa shape index (κ3) is 3.51. The third-order valence-electron chi connectivity index (χ3n) is 6.07. The number of benzene rings is 1. The molecule has 0 unspecified atom stereocenters. The standard InChI is InChI=1S/C21H25N5O3S/c1-29-21(27)25-9-7-16(13-25)22-19-18-17(8-10-30(18)28)23-20(24-19)26-11-15(12-26)14-5-3-2-4-6-14/h2-6,15-16H,7-13H2,1H3,(H,22,23,24)/t16-,30+/m0/s1. The predicted octanol–water partition coefficient (Wildman–Crippen LogP) is 2.00. The van der Waals surface area contributed by atoms with Crippen LogP contribution in [-0.4, -0.2) is 70.3 Å². The molecule has 1 aromatic carbocycles. The first-order valence-corrected chi connectivity index (χ1v) is 11.6. The summed E-state index contributed by atoms with van der Waals surface area (Å²) in [5.41, 5.74) is 2.22. The van der Waals surface area contributed by atoms with Crippen molar-refractivity contribution in [3.63, 3.8) is 0 Å². The van der Waals surface area contributed by atoms with Crippen molar-refractivity contribution in [3.05, 3.63) is 41.6 Å². The van der Waals surface area contributed by atoms with Crippen molar-refractivity contribution in [1.29, 1.82) is 0 Å². The van der Waals surface area contributed by atoms with E-state index < -0.39 is 10.8 Å². The van der Waals surface area contributed by atoms with Gasteiger partial charge in [0, 0.05) is 50.3 Å². The average Bonchev–Trinajstić information content (AvgIpc) is 3.34. The lowest BCUT2D eigenvalue weighted by atomic mass is 9.92. The van der Waals surface area contributed by atoms with E-state index in [1.807, 2.05) is 6.07 Å². The van der Waals surface area contributed by atoms with E-state index >= 15 is 0 Å². The minimum atomic E-state index is -1.08. The highest BCUT2D eigenvalue weighted by Gasteiger charge is 2.34. The molecule has 0 radical (unpaired) electrons. The second kappa shape index (κ2) is 7.86. The van der Waals surface area contributed by atoms with E-state index in [1.54, 1.807) is 4.90 Å². The van der Waals surface area contributed by atoms with Crippen LogP contribution >= 0.6 is 0 Å². The number of hydrogen-bond acceptors (Lipinski definition) is 7. The topological polar surface area (TPSA) is 87.7 Å². The first-order chi connectivity index (χ1) is 14.6. The van der Waals surface area contributed by atoms with E-state index in [2.05, 4.69) is 34.5 Å². The number of carbonyl (C=O) groups is 1. The molecule has 1 N–H and O–H groups in total. The van der Waals surface area contributed by atoms with Gasteiger partial charge in [-0.3, -0.25) is 4.21 Å². The fourth-order valence-corrected chi connectivity index (χ4v) is 5.68. The van der Waals surface area contributed by atoms with Gasteiger partial charge in [-0.15, -0.1) is 0 Å². The zero-order chi connectivity index (χ0) is 20.7. The van der Waals surface area contributed by atoms with E-state index in [-0.39, 0.29) is 12.1 Å². The molecule has 0 bridgehead atoms. The lowest BCUT2D eigenvalue weighted by Crippen LogP contribution is -2.46. The fourth-order valence-electron chi connectivity index (χ4n) is 4.37. The number of aryl methyl sites for hydroxylation is 1. The van der Waals surface area contributed by atoms with Crippen LogP contribution in [0, 0.1) is 0 Å². The van der Waals surface area contributed by atoms with Gasteiger partial charge in [0.15, 0.2) is 0 Å². The molecule has 3 aliphatic heterocycles. The Kier molecular flexibility index (Phi) is 5.06. The van der Waals surface area contributed by atoms with Gasteiger partial charge in [-0.25, -0.2) is 9.78 Å². The summed E-state index contributed by atoms with van der Waals surface area (Å²) in [4.78, 5) is 25.9. The maximum Gasteiger partial charge on any atom is 0.409 e. The Bertz CT molecular complexity index is 980. The molecule has 1 aromatic heterocycles. The van der Waals surface area contributed by atoms with Crippen LogP contribution in [0.15, 0.2) is 35.2 Å². The van der Waals surface area contributed by atoms with Gasteiger partial charge in [0.05, 0.1) is 23.6 Å². The average molecular weight is 428 g/mol. The number of carbonyl (C=O) groups excluding carboxylic acids is 1. The molecule has 4 heterocycles. The van der Waals surface area contributed by atoms with Gasteiger partial charge in [-0.1, -0.05) is 30.3 Å². The van der Waals surface area contributed by atoms with E-state index in [0.29, 0.717) is 42.9 Å². The van der Waals surface area contributed by atoms with Gasteiger partial charge in [0.25, 0.3) is 0 Å². The molecule has 2 saturated heterocycles. The van der Waals surface area contributed by atoms with E-state index in [4.69, 9.17) is 14.7 Å². The first-order valence-electron chi connectivity index (χ1n) is 10.3. The number of methoxy groups -OCH3 is 1. The third-order valence-corrected chi connectivity index (χ3v) is 7.53. The van der Waals surface area contributed by atoms with Crippen molar-refractivity contribution in [1.82, 2.24) is 14.9 Å². The Morgan fingerprint density at radius 3 is 2.77 bits per heavy atom. The summed E-state index contributed by atoms with van der Waals surface area (Å²) < 4.78 is 17.4. The van der Waals surface area contributed by atoms with E-state index in [1.165, 1.54) is 12.7 Å². The Morgan fingerprint density at radius 1 is 1.20 bits per heavy atom. The van der Waals surface area contributed by atoms with Crippen LogP contribution in [0.4, 0.5) is 16.6 Å². The van der Waals surface area contributed by atoms with Crippen molar-refractivity contribution in [2.45, 2.75) is 29.7 Å². The van der Waals surface area contributed by atoms with Gasteiger partial charge in [-0.05, 0) is 12.0 Å². The van der Waals surface area contributed by atoms with Gasteiger partial charge >= 0.3 is 6.09 Å². The predicted molar refractivity (Wildman–Crippen MR) is 114 cm³/mol. The number of likely N-dealkylation sites (tertiary alicyclic amines) is 1. The number of aromatic nitrogens is 2. The summed E-state index contributed by atoms with van der Waals surface area (Å²) in [6, 6.07) is 10.6. The highest BCUT2D eigenvalue weighted by molar-refractivity contribution is 7.85. The van der Waals surface area contributed by atoms with Gasteiger partial charge in [0.1, 0.15) is 10.7 Å². The number of anilines is 2. The summed E-state index contributed by atoms with van der Waals surface area (Å²) in [5, 5.41) is 3.45. The van der Waals surface area contributed by atoms with Crippen molar-refractivity contribution in [2.75, 3.05) is 49.3 Å². The van der Waals surface area contributed by atoms with E-state index in [9.17, 15) is 9.00 Å². The molecule has 158 valence electrons. The number of amides is 1. The molecule has 30 heavy (non-hydrogen) atoms. The van der Waals surface area contributed by atoms with E-state index in [0.717, 1.165) is 30.1 Å². The summed E-state index contributed by atoms with van der Waals surface area (Å²) >= 11 is 0. The molecule has 9 heteroatoms. The molecule has 0 saturated carbocycles. The van der Waals surface area contributed by atoms with Crippen LogP contribution in [0.1, 0.15) is 23.6 Å². The highest BCUT2D eigenvalue weighted by atomic mass is 32.2. The van der Waals surface area contributed by atoms with Gasteiger partial charge in [-0.2, -0.15) is 4.98 Å². The van der Waals surface area contributed by atoms with Crippen molar-refractivity contribution in [3.8, 4) is 0 Å². The zero-order valence-electron chi connectivity index (χ0n) is 16.9. The minimum Gasteiger partial charge on any atom is -0.453 e. The quantitative estimate of drug-likeness (QED) is 0.798. The van der Waals surface area contributed by atoms with Crippen LogP contribution in [0.5, 0.6) is 0 Å². The monoisotopic (exact) mass is 427 g/mol. The van der Waals surface area contributed by atoms with Crippen LogP contribution < -0.4 is 10.2 Å². The molecule has 0 spiro atoms. The molecule has 2 fully saturated rings. The normalized spacial score (nSPS) is 23.2. The number of rotatable bonds is 4. The second-order valence-electron chi connectivity index (χ2n) is 8.01. The Morgan fingerprint density at radius 2 is 2.00 bits per heavy atom. The Hall–Kier alpha value is -2.68. The van der Waals surface area contributed by atoms with Gasteiger partial charge in [0.2, 0.25) is 5.95 Å². The number of fused-ring (bicyclic) bond motifs is 1. The number of nitrogens with zero attached hydrogens (tertiary/aromatic N) is 4. The van der Waals surface area contributed by atoms with Crippen LogP contribution in [-0.2, 0) is 22.0 Å². The zero-order valence-corrected chi connectivity index (χ0v) is 17.7. The summed E-state index contributed by atoms with van der Waals surface area (Å²) in [6.45, 7) is 2.95. The largest absolute Gasteiger partial charge is 0.453 e. The number of ether oxygens (including phenoxy) is 1. The summed E-state index contributed by atoms with van der Waals surface area (Å²) in [6.07, 6.45) is 1.19. The first kappa shape index (κ1) is 19.3. The fraction of sp³-hybridized carbons (Fsp3) is 0.476. The molecule has 2 aromatic rings. The molecule has 3 aliphatic rings. The van der Waals surface area contributed by atoms with Crippen molar-refractivity contribution < 1.29 is 13.7 Å². The van der Waals surface area contributed by atoms with Crippen LogP contribution in [0.3, 0.4) is 0 Å². The molecule has 5 rings (SSSR count). The lowest BCUT2D eigenvalue weighted by molar-refractivity contribution is 0.132. The lowest BCUT2D eigenvalue weighted by Gasteiger charge is -2.40. The Balaban J connectivity index is 1.34. The SMILES string of the molecule is COC(=O)N1CC[C@H](Nc2nc(N3CC(c4ccccc4)C3)nc3c2[S@](=O)CC3)C1. The minimum absolute atomic E-state index is 0.0574. The molecule has 8 nitrogen and oxygen atoms in total. The molecule has 0 aliphatic carbocycles. The van der Waals surface area contributed by atoms with Crippen molar-refractivity contribution >= 4 is 28.7 Å². The molecule has 1 amide bonds. The van der Waals surface area contributed by atoms with Crippen LogP contribution in [0.25, 0.3) is 0 Å². The van der Waals surface area contributed by atoms with Crippen molar-refractivity contribution in [2.24, 2.45) is 0 Å². The maximum atomic E-state index is 12.6. The molecular weight excluding hydrogens is 402 g/mol. The van der Waals surface area contributed by atoms with Gasteiger partial charge < -0.3 is 19.9 Å². The maximum absolute atomic E-state index is 12.6. The Labute approximate surface area is 178 Å². The van der Waals surface area contributed by atoms with Crippen LogP contribution in [0.2, 0.25) is 0 Å². The molecular formula is C21H25N5O3S. The summed E-state index contributed by atoms with van der Waals surface area (Å²) in [7, 11) is 0.313. The molecule has 2 atom stereocenters. The second-order valence-corrected chi connectivity index (χ2v) is 9.51. The number of hydrogen-bond donors (Lipinski definition) is 1. The summed E-state index contributed by atoms with van der Waals surface area (Å²) in [5.74, 6) is 2.43. The number of nitrogens with one attached hydrogen (secondary N) is 1. The smallest absolute Gasteiger partial charge is 0.409 e. The highest BCUT2D eigenvalue weighted by Crippen LogP contribution is 2.35.